The largest absolute Gasteiger partial charge is 0.454 e. The topological polar surface area (TPSA) is 103 Å². The number of hydrogen-bond donors (Lipinski definition) is 2. The van der Waals surface area contributed by atoms with E-state index in [-0.39, 0.29) is 12.7 Å². The molecule has 0 saturated carbocycles. The van der Waals surface area contributed by atoms with Crippen LogP contribution in [0, 0.1) is 0 Å². The van der Waals surface area contributed by atoms with Crippen LogP contribution in [0.25, 0.3) is 6.08 Å². The number of amides is 2. The monoisotopic (exact) mass is 382 g/mol. The highest BCUT2D eigenvalue weighted by Crippen LogP contribution is 2.32. The first-order valence-corrected chi connectivity index (χ1v) is 8.41. The fourth-order valence-corrected chi connectivity index (χ4v) is 2.41. The SMILES string of the molecule is CNC(=O)c1ccc(NC(=O)COC(=O)/C=C/c2ccc3c(c2)OCO3)cc1. The van der Waals surface area contributed by atoms with E-state index in [2.05, 4.69) is 10.6 Å². The van der Waals surface area contributed by atoms with Gasteiger partial charge in [0.1, 0.15) is 0 Å². The second kappa shape index (κ2) is 8.72. The van der Waals surface area contributed by atoms with Gasteiger partial charge in [-0.25, -0.2) is 4.79 Å². The maximum absolute atomic E-state index is 11.9. The van der Waals surface area contributed by atoms with E-state index in [1.54, 1.807) is 48.5 Å². The van der Waals surface area contributed by atoms with Gasteiger partial charge in [-0.15, -0.1) is 0 Å². The first-order chi connectivity index (χ1) is 13.5. The third-order valence-electron chi connectivity index (χ3n) is 3.81. The molecule has 1 aliphatic heterocycles. The van der Waals surface area contributed by atoms with Crippen LogP contribution in [0.4, 0.5) is 5.69 Å². The van der Waals surface area contributed by atoms with Crippen molar-refractivity contribution in [3.8, 4) is 11.5 Å². The van der Waals surface area contributed by atoms with Gasteiger partial charge in [0.05, 0.1) is 0 Å². The summed E-state index contributed by atoms with van der Waals surface area (Å²) in [5.41, 5.74) is 1.70. The van der Waals surface area contributed by atoms with Crippen molar-refractivity contribution >= 4 is 29.5 Å². The van der Waals surface area contributed by atoms with Crippen molar-refractivity contribution < 1.29 is 28.6 Å². The Morgan fingerprint density at radius 3 is 2.57 bits per heavy atom. The van der Waals surface area contributed by atoms with Crippen LogP contribution >= 0.6 is 0 Å². The minimum Gasteiger partial charge on any atom is -0.454 e. The Bertz CT molecular complexity index is 921. The van der Waals surface area contributed by atoms with Gasteiger partial charge in [0, 0.05) is 24.4 Å². The molecule has 0 fully saturated rings. The Morgan fingerprint density at radius 1 is 1.07 bits per heavy atom. The summed E-state index contributed by atoms with van der Waals surface area (Å²) in [7, 11) is 1.54. The molecular formula is C20H18N2O6. The quantitative estimate of drug-likeness (QED) is 0.585. The molecular weight excluding hydrogens is 364 g/mol. The lowest BCUT2D eigenvalue weighted by atomic mass is 10.2. The van der Waals surface area contributed by atoms with E-state index >= 15 is 0 Å². The van der Waals surface area contributed by atoms with Gasteiger partial charge < -0.3 is 24.8 Å². The van der Waals surface area contributed by atoms with Gasteiger partial charge in [-0.1, -0.05) is 6.07 Å². The molecule has 144 valence electrons. The molecule has 2 aromatic rings. The van der Waals surface area contributed by atoms with Gasteiger partial charge in [0.2, 0.25) is 6.79 Å². The van der Waals surface area contributed by atoms with Crippen molar-refractivity contribution in [3.63, 3.8) is 0 Å². The lowest BCUT2D eigenvalue weighted by molar-refractivity contribution is -0.142. The minimum atomic E-state index is -0.650. The molecule has 1 heterocycles. The van der Waals surface area contributed by atoms with Crippen molar-refractivity contribution in [1.82, 2.24) is 5.32 Å². The minimum absolute atomic E-state index is 0.175. The van der Waals surface area contributed by atoms with Crippen molar-refractivity contribution in [1.29, 1.82) is 0 Å². The standard InChI is InChI=1S/C20H18N2O6/c1-21-20(25)14-4-6-15(7-5-14)22-18(23)11-26-19(24)9-3-13-2-8-16-17(10-13)28-12-27-16/h2-10H,11-12H2,1H3,(H,21,25)(H,22,23)/b9-3+. The third kappa shape index (κ3) is 4.88. The maximum atomic E-state index is 11.9. The molecule has 0 bridgehead atoms. The van der Waals surface area contributed by atoms with Gasteiger partial charge in [-0.05, 0) is 48.0 Å². The molecule has 2 N–H and O–H groups in total. The Morgan fingerprint density at radius 2 is 1.82 bits per heavy atom. The molecule has 1 aliphatic rings. The van der Waals surface area contributed by atoms with Gasteiger partial charge in [-0.3, -0.25) is 9.59 Å². The zero-order chi connectivity index (χ0) is 19.9. The fourth-order valence-electron chi connectivity index (χ4n) is 2.41. The zero-order valence-electron chi connectivity index (χ0n) is 15.1. The van der Waals surface area contributed by atoms with Gasteiger partial charge >= 0.3 is 5.97 Å². The molecule has 0 spiro atoms. The van der Waals surface area contributed by atoms with E-state index in [4.69, 9.17) is 14.2 Å². The van der Waals surface area contributed by atoms with Crippen LogP contribution in [0.1, 0.15) is 15.9 Å². The lowest BCUT2D eigenvalue weighted by Crippen LogP contribution is -2.20. The molecule has 0 aromatic heterocycles. The third-order valence-corrected chi connectivity index (χ3v) is 3.81. The van der Waals surface area contributed by atoms with Crippen LogP contribution in [0.2, 0.25) is 0 Å². The van der Waals surface area contributed by atoms with Crippen LogP contribution in [-0.2, 0) is 14.3 Å². The highest BCUT2D eigenvalue weighted by Gasteiger charge is 2.12. The highest BCUT2D eigenvalue weighted by atomic mass is 16.7. The van der Waals surface area contributed by atoms with Crippen LogP contribution in [0.5, 0.6) is 11.5 Å². The van der Waals surface area contributed by atoms with E-state index in [1.807, 2.05) is 0 Å². The van der Waals surface area contributed by atoms with Crippen molar-refractivity contribution in [2.24, 2.45) is 0 Å². The molecule has 2 aromatic carbocycles. The average Bonchev–Trinajstić information content (AvgIpc) is 3.18. The molecule has 8 nitrogen and oxygen atoms in total. The molecule has 0 saturated heterocycles. The molecule has 28 heavy (non-hydrogen) atoms. The summed E-state index contributed by atoms with van der Waals surface area (Å²) in [6.07, 6.45) is 2.78. The lowest BCUT2D eigenvalue weighted by Gasteiger charge is -2.06. The molecule has 0 radical (unpaired) electrons. The predicted octanol–water partition coefficient (Wildman–Crippen LogP) is 1.97. The first kappa shape index (κ1) is 19.0. The Hall–Kier alpha value is -3.81. The fraction of sp³-hybridized carbons (Fsp3) is 0.150. The van der Waals surface area contributed by atoms with Crippen LogP contribution in [-0.4, -0.2) is 38.2 Å². The molecule has 8 heteroatoms. The van der Waals surface area contributed by atoms with E-state index in [1.165, 1.54) is 13.1 Å². The van der Waals surface area contributed by atoms with E-state index in [0.717, 1.165) is 5.56 Å². The second-order valence-electron chi connectivity index (χ2n) is 5.76. The molecule has 0 aliphatic carbocycles. The van der Waals surface area contributed by atoms with E-state index in [0.29, 0.717) is 22.7 Å². The number of rotatable bonds is 6. The van der Waals surface area contributed by atoms with E-state index in [9.17, 15) is 14.4 Å². The molecule has 0 atom stereocenters. The van der Waals surface area contributed by atoms with Crippen molar-refractivity contribution in [3.05, 3.63) is 59.7 Å². The molecule has 2 amide bonds. The van der Waals surface area contributed by atoms with Gasteiger partial charge in [0.15, 0.2) is 18.1 Å². The smallest absolute Gasteiger partial charge is 0.331 e. The number of ether oxygens (including phenoxy) is 3. The van der Waals surface area contributed by atoms with Gasteiger partial charge in [0.25, 0.3) is 11.8 Å². The number of anilines is 1. The van der Waals surface area contributed by atoms with Crippen molar-refractivity contribution in [2.45, 2.75) is 0 Å². The van der Waals surface area contributed by atoms with E-state index < -0.39 is 18.5 Å². The highest BCUT2D eigenvalue weighted by molar-refractivity contribution is 5.96. The molecule has 3 rings (SSSR count). The maximum Gasteiger partial charge on any atom is 0.331 e. The predicted molar refractivity (Wildman–Crippen MR) is 101 cm³/mol. The summed E-state index contributed by atoms with van der Waals surface area (Å²) >= 11 is 0. The summed E-state index contributed by atoms with van der Waals surface area (Å²) in [5.74, 6) is -0.0987. The summed E-state index contributed by atoms with van der Waals surface area (Å²) in [5, 5.41) is 5.09. The average molecular weight is 382 g/mol. The number of fused-ring (bicyclic) bond motifs is 1. The van der Waals surface area contributed by atoms with Crippen LogP contribution in [0.15, 0.2) is 48.5 Å². The Kier molecular flexibility index (Phi) is 5.91. The van der Waals surface area contributed by atoms with Gasteiger partial charge in [-0.2, -0.15) is 0 Å². The summed E-state index contributed by atoms with van der Waals surface area (Å²) in [4.78, 5) is 35.1. The summed E-state index contributed by atoms with van der Waals surface area (Å²) < 4.78 is 15.4. The summed E-state index contributed by atoms with van der Waals surface area (Å²) in [6.45, 7) is -0.254. The zero-order valence-corrected chi connectivity index (χ0v) is 15.1. The number of hydrogen-bond acceptors (Lipinski definition) is 6. The van der Waals surface area contributed by atoms with Crippen LogP contribution in [0.3, 0.4) is 0 Å². The Balaban J connectivity index is 1.46. The number of benzene rings is 2. The number of carbonyl (C=O) groups excluding carboxylic acids is 3. The van der Waals surface area contributed by atoms with Crippen molar-refractivity contribution in [2.75, 3.05) is 25.8 Å². The van der Waals surface area contributed by atoms with Crippen LogP contribution < -0.4 is 20.1 Å². The number of carbonyl (C=O) groups is 3. The summed E-state index contributed by atoms with van der Waals surface area (Å²) in [6, 6.07) is 11.6. The Labute approximate surface area is 161 Å². The first-order valence-electron chi connectivity index (χ1n) is 8.41. The second-order valence-corrected chi connectivity index (χ2v) is 5.76. The molecule has 0 unspecified atom stereocenters. The number of esters is 1. The normalized spacial score (nSPS) is 11.9. The number of nitrogens with one attached hydrogen (secondary N) is 2.